The third-order valence-corrected chi connectivity index (χ3v) is 8.86. The molecular formula is C40H41N3O11. The van der Waals surface area contributed by atoms with Crippen LogP contribution in [-0.2, 0) is 36.8 Å². The average Bonchev–Trinajstić information content (AvgIpc) is 3.44. The number of carboxylic acids is 1. The van der Waals surface area contributed by atoms with Crippen LogP contribution in [0.2, 0.25) is 0 Å². The van der Waals surface area contributed by atoms with Gasteiger partial charge >= 0.3 is 23.7 Å². The Kier molecular flexibility index (Phi) is 11.8. The summed E-state index contributed by atoms with van der Waals surface area (Å²) in [5, 5.41) is 35.7. The SMILES string of the molecule is COc1cc(O)c(CN(C(=O)[C@H](CC(=O)OC(C)(C)C)NC(=O)OCC2c3ccccc3-c3ccccc32)[C@@H](Cc2ccccc2)C(=O)O)cc1[N+](=O)[O-]. The Labute approximate surface area is 311 Å². The number of amides is 2. The van der Waals surface area contributed by atoms with Gasteiger partial charge < -0.3 is 34.6 Å². The zero-order chi connectivity index (χ0) is 39.2. The second-order valence-electron chi connectivity index (χ2n) is 13.7. The number of hydrogen-bond acceptors (Lipinski definition) is 10. The van der Waals surface area contributed by atoms with Crippen molar-refractivity contribution in [3.63, 3.8) is 0 Å². The minimum absolute atomic E-state index is 0.119. The molecule has 5 rings (SSSR count). The number of esters is 1. The first-order valence-corrected chi connectivity index (χ1v) is 17.1. The molecule has 0 heterocycles. The van der Waals surface area contributed by atoms with E-state index in [2.05, 4.69) is 5.32 Å². The first-order chi connectivity index (χ1) is 25.7. The zero-order valence-corrected chi connectivity index (χ0v) is 30.2. The number of nitrogens with zero attached hydrogens (tertiary/aromatic N) is 2. The van der Waals surface area contributed by atoms with Crippen molar-refractivity contribution >= 4 is 29.6 Å². The van der Waals surface area contributed by atoms with Crippen molar-refractivity contribution in [2.75, 3.05) is 13.7 Å². The number of nitrogens with one attached hydrogen (secondary N) is 1. The number of methoxy groups -OCH3 is 1. The van der Waals surface area contributed by atoms with Crippen LogP contribution in [0.15, 0.2) is 91.0 Å². The Balaban J connectivity index is 1.49. The summed E-state index contributed by atoms with van der Waals surface area (Å²) in [6, 6.07) is 22.4. The van der Waals surface area contributed by atoms with Crippen molar-refractivity contribution in [2.24, 2.45) is 0 Å². The van der Waals surface area contributed by atoms with Gasteiger partial charge in [0.15, 0.2) is 0 Å². The van der Waals surface area contributed by atoms with E-state index in [0.29, 0.717) is 5.56 Å². The zero-order valence-electron chi connectivity index (χ0n) is 30.2. The predicted molar refractivity (Wildman–Crippen MR) is 196 cm³/mol. The monoisotopic (exact) mass is 739 g/mol. The number of carboxylic acid groups (broad SMARTS) is 1. The normalized spacial score (nSPS) is 13.1. The summed E-state index contributed by atoms with van der Waals surface area (Å²) in [5.41, 5.74) is 2.70. The molecule has 0 saturated carbocycles. The number of carbonyl (C=O) groups excluding carboxylic acids is 3. The summed E-state index contributed by atoms with van der Waals surface area (Å²) in [4.78, 5) is 66.2. The Hall–Kier alpha value is -6.44. The number of rotatable bonds is 14. The second kappa shape index (κ2) is 16.5. The minimum Gasteiger partial charge on any atom is -0.507 e. The van der Waals surface area contributed by atoms with Crippen molar-refractivity contribution < 1.29 is 48.5 Å². The number of aromatic hydroxyl groups is 1. The molecule has 282 valence electrons. The van der Waals surface area contributed by atoms with Gasteiger partial charge in [-0.1, -0.05) is 78.9 Å². The maximum atomic E-state index is 14.6. The van der Waals surface area contributed by atoms with E-state index in [1.54, 1.807) is 51.1 Å². The number of fused-ring (bicyclic) bond motifs is 3. The molecule has 0 aliphatic heterocycles. The number of hydrogen-bond donors (Lipinski definition) is 3. The van der Waals surface area contributed by atoms with Gasteiger partial charge in [0.05, 0.1) is 25.0 Å². The summed E-state index contributed by atoms with van der Waals surface area (Å²) in [5.74, 6) is -4.49. The molecule has 4 aromatic rings. The quantitative estimate of drug-likeness (QED) is 0.0783. The van der Waals surface area contributed by atoms with Gasteiger partial charge in [0.2, 0.25) is 11.7 Å². The molecule has 2 amide bonds. The van der Waals surface area contributed by atoms with E-state index in [1.165, 1.54) is 7.11 Å². The van der Waals surface area contributed by atoms with Crippen LogP contribution >= 0.6 is 0 Å². The standard InChI is InChI=1S/C40H41N3O11/c1-40(2,3)54-36(45)20-31(41-39(49)53-23-30-28-16-10-8-14-26(28)27-15-9-11-17-29(27)30)37(46)42(33(38(47)48)18-24-12-6-5-7-13-24)22-25-19-32(43(50)51)35(52-4)21-34(25)44/h5-17,19,21,30-31,33,44H,18,20,22-23H2,1-4H3,(H,41,49)(H,47,48)/t31-,33-/m0/s1. The third-order valence-electron chi connectivity index (χ3n) is 8.86. The lowest BCUT2D eigenvalue weighted by molar-refractivity contribution is -0.385. The van der Waals surface area contributed by atoms with Crippen LogP contribution in [0.3, 0.4) is 0 Å². The van der Waals surface area contributed by atoms with Gasteiger partial charge in [-0.25, -0.2) is 9.59 Å². The minimum atomic E-state index is -1.72. The molecule has 0 aromatic heterocycles. The van der Waals surface area contributed by atoms with Crippen LogP contribution < -0.4 is 10.1 Å². The van der Waals surface area contributed by atoms with Crippen molar-refractivity contribution in [1.82, 2.24) is 10.2 Å². The molecule has 0 bridgehead atoms. The molecule has 14 nitrogen and oxygen atoms in total. The van der Waals surface area contributed by atoms with Crippen LogP contribution in [0, 0.1) is 10.1 Å². The molecule has 3 N–H and O–H groups in total. The number of ether oxygens (including phenoxy) is 3. The highest BCUT2D eigenvalue weighted by Gasteiger charge is 2.38. The molecule has 2 atom stereocenters. The van der Waals surface area contributed by atoms with E-state index in [4.69, 9.17) is 14.2 Å². The smallest absolute Gasteiger partial charge is 0.407 e. The molecular weight excluding hydrogens is 698 g/mol. The Morgan fingerprint density at radius 2 is 1.52 bits per heavy atom. The lowest BCUT2D eigenvalue weighted by Gasteiger charge is -2.33. The number of phenols is 1. The number of aliphatic carboxylic acids is 1. The first kappa shape index (κ1) is 38.8. The van der Waals surface area contributed by atoms with Crippen molar-refractivity contribution in [2.45, 2.75) is 63.8 Å². The van der Waals surface area contributed by atoms with Gasteiger partial charge in [-0.05, 0) is 48.6 Å². The number of phenolic OH excluding ortho intramolecular Hbond substituents is 1. The topological polar surface area (TPSA) is 195 Å². The van der Waals surface area contributed by atoms with Gasteiger partial charge in [0.1, 0.15) is 30.0 Å². The van der Waals surface area contributed by atoms with Crippen LogP contribution in [0.25, 0.3) is 11.1 Å². The largest absolute Gasteiger partial charge is 0.507 e. The highest BCUT2D eigenvalue weighted by molar-refractivity contribution is 5.92. The molecule has 0 fully saturated rings. The fraction of sp³-hybridized carbons (Fsp3) is 0.300. The predicted octanol–water partition coefficient (Wildman–Crippen LogP) is 5.97. The van der Waals surface area contributed by atoms with E-state index < -0.39 is 70.9 Å². The molecule has 1 aliphatic carbocycles. The van der Waals surface area contributed by atoms with Crippen LogP contribution in [-0.4, -0.2) is 75.4 Å². The summed E-state index contributed by atoms with van der Waals surface area (Å²) in [6.07, 6.45) is -2.01. The van der Waals surface area contributed by atoms with Crippen LogP contribution in [0.4, 0.5) is 10.5 Å². The van der Waals surface area contributed by atoms with E-state index in [0.717, 1.165) is 39.3 Å². The number of carbonyl (C=O) groups is 4. The van der Waals surface area contributed by atoms with E-state index in [-0.39, 0.29) is 30.3 Å². The molecule has 0 unspecified atom stereocenters. The van der Waals surface area contributed by atoms with E-state index in [9.17, 15) is 39.5 Å². The summed E-state index contributed by atoms with van der Waals surface area (Å²) in [7, 11) is 1.17. The molecule has 54 heavy (non-hydrogen) atoms. The molecule has 14 heteroatoms. The molecule has 0 spiro atoms. The molecule has 1 aliphatic rings. The van der Waals surface area contributed by atoms with Gasteiger partial charge in [-0.15, -0.1) is 0 Å². The Morgan fingerprint density at radius 3 is 2.07 bits per heavy atom. The second-order valence-corrected chi connectivity index (χ2v) is 13.7. The van der Waals surface area contributed by atoms with E-state index in [1.807, 2.05) is 48.5 Å². The molecule has 0 radical (unpaired) electrons. The van der Waals surface area contributed by atoms with Crippen molar-refractivity contribution in [3.8, 4) is 22.6 Å². The molecule has 4 aromatic carbocycles. The average molecular weight is 740 g/mol. The van der Waals surface area contributed by atoms with E-state index >= 15 is 0 Å². The Bertz CT molecular complexity index is 2000. The summed E-state index contributed by atoms with van der Waals surface area (Å²) >= 11 is 0. The highest BCUT2D eigenvalue weighted by atomic mass is 16.6. The van der Waals surface area contributed by atoms with Crippen molar-refractivity contribution in [1.29, 1.82) is 0 Å². The van der Waals surface area contributed by atoms with Gasteiger partial charge in [-0.3, -0.25) is 19.7 Å². The maximum absolute atomic E-state index is 14.6. The first-order valence-electron chi connectivity index (χ1n) is 17.1. The fourth-order valence-electron chi connectivity index (χ4n) is 6.46. The highest BCUT2D eigenvalue weighted by Crippen LogP contribution is 2.44. The van der Waals surface area contributed by atoms with Gasteiger partial charge in [0, 0.05) is 30.0 Å². The number of nitro benzene ring substituents is 1. The number of alkyl carbamates (subject to hydrolysis) is 1. The van der Waals surface area contributed by atoms with Gasteiger partial charge in [0.25, 0.3) is 0 Å². The summed E-state index contributed by atoms with van der Waals surface area (Å²) in [6.45, 7) is 4.06. The van der Waals surface area contributed by atoms with Gasteiger partial charge in [-0.2, -0.15) is 0 Å². The Morgan fingerprint density at radius 1 is 0.926 bits per heavy atom. The van der Waals surface area contributed by atoms with Crippen molar-refractivity contribution in [3.05, 3.63) is 123 Å². The maximum Gasteiger partial charge on any atom is 0.407 e. The lowest BCUT2D eigenvalue weighted by atomic mass is 9.98. The fourth-order valence-corrected chi connectivity index (χ4v) is 6.46. The van der Waals surface area contributed by atoms with Crippen LogP contribution in [0.1, 0.15) is 55.4 Å². The molecule has 0 saturated heterocycles. The lowest BCUT2D eigenvalue weighted by Crippen LogP contribution is -2.55. The third kappa shape index (κ3) is 9.13. The number of nitro groups is 1. The van der Waals surface area contributed by atoms with Crippen LogP contribution in [0.5, 0.6) is 11.5 Å². The summed E-state index contributed by atoms with van der Waals surface area (Å²) < 4.78 is 16.2. The number of benzene rings is 4.